The van der Waals surface area contributed by atoms with Crippen LogP contribution in [-0.2, 0) is 16.5 Å². The molecule has 0 saturated carbocycles. The van der Waals surface area contributed by atoms with Crippen LogP contribution in [0.15, 0.2) is 81.1 Å². The fourth-order valence-corrected chi connectivity index (χ4v) is 4.03. The summed E-state index contributed by atoms with van der Waals surface area (Å²) >= 11 is 3.38. The van der Waals surface area contributed by atoms with Gasteiger partial charge in [0.2, 0.25) is 0 Å². The molecule has 0 fully saturated rings. The number of hydrogen-bond donors (Lipinski definition) is 0. The Hall–Kier alpha value is -2.44. The monoisotopic (exact) mass is 457 g/mol. The highest BCUT2D eigenvalue weighted by molar-refractivity contribution is 9.10. The van der Waals surface area contributed by atoms with Gasteiger partial charge in [-0.2, -0.15) is 8.42 Å². The van der Waals surface area contributed by atoms with E-state index < -0.39 is 10.1 Å². The minimum absolute atomic E-state index is 0.117. The predicted octanol–water partition coefficient (Wildman–Crippen LogP) is 5.84. The van der Waals surface area contributed by atoms with Gasteiger partial charge in [-0.15, -0.1) is 0 Å². The molecule has 0 aliphatic heterocycles. The second-order valence-electron chi connectivity index (χ2n) is 6.32. The lowest BCUT2D eigenvalue weighted by Crippen LogP contribution is -2.10. The van der Waals surface area contributed by atoms with Crippen molar-refractivity contribution in [1.29, 1.82) is 0 Å². The number of rotatable bonds is 6. The maximum atomic E-state index is 12.4. The average molecular weight is 458 g/mol. The smallest absolute Gasteiger partial charge is 0.339 e. The van der Waals surface area contributed by atoms with Gasteiger partial charge in [0.15, 0.2) is 5.75 Å². The standard InChI is InChI=1S/C22H20BrNO3S/c1-3-17-6-9-19(10-7-17)24-15-18-8-13-22(21(23)14-18)27-28(25,26)20-11-4-16(2)5-12-20/h4-15H,3H2,1-2H3. The molecule has 3 rings (SSSR count). The fraction of sp³-hybridized carbons (Fsp3) is 0.136. The fourth-order valence-electron chi connectivity index (χ4n) is 2.50. The van der Waals surface area contributed by atoms with E-state index >= 15 is 0 Å². The maximum absolute atomic E-state index is 12.4. The summed E-state index contributed by atoms with van der Waals surface area (Å²) in [6, 6.07) is 19.7. The van der Waals surface area contributed by atoms with E-state index in [2.05, 4.69) is 40.0 Å². The number of benzene rings is 3. The Morgan fingerprint density at radius 1 is 1.00 bits per heavy atom. The van der Waals surface area contributed by atoms with Crippen LogP contribution in [0.5, 0.6) is 5.75 Å². The minimum atomic E-state index is -3.89. The molecule has 6 heteroatoms. The van der Waals surface area contributed by atoms with Crippen LogP contribution in [0.25, 0.3) is 0 Å². The van der Waals surface area contributed by atoms with Crippen molar-refractivity contribution < 1.29 is 12.6 Å². The van der Waals surface area contributed by atoms with E-state index in [1.807, 2.05) is 19.1 Å². The van der Waals surface area contributed by atoms with Crippen LogP contribution in [0.4, 0.5) is 5.69 Å². The molecule has 0 heterocycles. The molecule has 0 N–H and O–H groups in total. The summed E-state index contributed by atoms with van der Waals surface area (Å²) in [5, 5.41) is 0. The van der Waals surface area contributed by atoms with Gasteiger partial charge >= 0.3 is 10.1 Å². The highest BCUT2D eigenvalue weighted by Gasteiger charge is 2.18. The lowest BCUT2D eigenvalue weighted by molar-refractivity contribution is 0.484. The van der Waals surface area contributed by atoms with Gasteiger partial charge in [0.05, 0.1) is 10.2 Å². The first-order valence-electron chi connectivity index (χ1n) is 8.81. The molecule has 4 nitrogen and oxygen atoms in total. The van der Waals surface area contributed by atoms with Gasteiger partial charge in [-0.25, -0.2) is 0 Å². The van der Waals surface area contributed by atoms with Gasteiger partial charge in [0, 0.05) is 6.21 Å². The molecule has 28 heavy (non-hydrogen) atoms. The van der Waals surface area contributed by atoms with Crippen molar-refractivity contribution in [2.24, 2.45) is 4.99 Å². The van der Waals surface area contributed by atoms with E-state index in [0.717, 1.165) is 23.2 Å². The molecular formula is C22H20BrNO3S. The van der Waals surface area contributed by atoms with E-state index in [4.69, 9.17) is 4.18 Å². The van der Waals surface area contributed by atoms with Crippen molar-refractivity contribution in [2.75, 3.05) is 0 Å². The van der Waals surface area contributed by atoms with Crippen molar-refractivity contribution in [1.82, 2.24) is 0 Å². The third kappa shape index (κ3) is 5.09. The van der Waals surface area contributed by atoms with Gasteiger partial charge in [-0.05, 0) is 82.9 Å². The van der Waals surface area contributed by atoms with Crippen molar-refractivity contribution in [3.63, 3.8) is 0 Å². The molecule has 0 saturated heterocycles. The van der Waals surface area contributed by atoms with Crippen molar-refractivity contribution in [2.45, 2.75) is 25.2 Å². The third-order valence-electron chi connectivity index (χ3n) is 4.17. The molecule has 0 bridgehead atoms. The molecule has 144 valence electrons. The quantitative estimate of drug-likeness (QED) is 0.345. The molecule has 0 unspecified atom stereocenters. The Morgan fingerprint density at radius 2 is 1.68 bits per heavy atom. The molecule has 0 spiro atoms. The molecule has 0 aliphatic rings. The largest absolute Gasteiger partial charge is 0.378 e. The van der Waals surface area contributed by atoms with E-state index in [9.17, 15) is 8.42 Å². The van der Waals surface area contributed by atoms with E-state index in [-0.39, 0.29) is 10.6 Å². The first kappa shape index (κ1) is 20.3. The van der Waals surface area contributed by atoms with Crippen LogP contribution < -0.4 is 4.18 Å². The summed E-state index contributed by atoms with van der Waals surface area (Å²) in [6.07, 6.45) is 2.72. The molecule has 0 amide bonds. The van der Waals surface area contributed by atoms with Gasteiger partial charge in [0.25, 0.3) is 0 Å². The molecule has 0 atom stereocenters. The van der Waals surface area contributed by atoms with Crippen LogP contribution in [0, 0.1) is 6.92 Å². The zero-order valence-electron chi connectivity index (χ0n) is 15.6. The summed E-state index contributed by atoms with van der Waals surface area (Å²) in [7, 11) is -3.89. The predicted molar refractivity (Wildman–Crippen MR) is 116 cm³/mol. The molecule has 0 aliphatic carbocycles. The van der Waals surface area contributed by atoms with Gasteiger partial charge in [-0.1, -0.05) is 36.8 Å². The van der Waals surface area contributed by atoms with Crippen LogP contribution >= 0.6 is 15.9 Å². The van der Waals surface area contributed by atoms with Gasteiger partial charge < -0.3 is 4.18 Å². The normalized spacial score (nSPS) is 11.7. The SMILES string of the molecule is CCc1ccc(N=Cc2ccc(OS(=O)(=O)c3ccc(C)cc3)c(Br)c2)cc1. The Balaban J connectivity index is 1.76. The van der Waals surface area contributed by atoms with Crippen LogP contribution in [0.1, 0.15) is 23.6 Å². The lowest BCUT2D eigenvalue weighted by atomic mass is 10.1. The second-order valence-corrected chi connectivity index (χ2v) is 8.72. The molecular weight excluding hydrogens is 438 g/mol. The summed E-state index contributed by atoms with van der Waals surface area (Å²) in [5.41, 5.74) is 3.92. The van der Waals surface area contributed by atoms with E-state index in [0.29, 0.717) is 4.47 Å². The lowest BCUT2D eigenvalue weighted by Gasteiger charge is -2.09. The highest BCUT2D eigenvalue weighted by Crippen LogP contribution is 2.29. The number of hydrogen-bond acceptors (Lipinski definition) is 4. The highest BCUT2D eigenvalue weighted by atomic mass is 79.9. The van der Waals surface area contributed by atoms with E-state index in [1.165, 1.54) is 17.7 Å². The summed E-state index contributed by atoms with van der Waals surface area (Å²) in [4.78, 5) is 4.56. The topological polar surface area (TPSA) is 55.7 Å². The van der Waals surface area contributed by atoms with Crippen molar-refractivity contribution in [3.05, 3.63) is 87.9 Å². The number of aryl methyl sites for hydroxylation is 2. The Kier molecular flexibility index (Phi) is 6.31. The van der Waals surface area contributed by atoms with Crippen molar-refractivity contribution in [3.8, 4) is 5.75 Å². The third-order valence-corrected chi connectivity index (χ3v) is 6.04. The Morgan fingerprint density at radius 3 is 2.29 bits per heavy atom. The summed E-state index contributed by atoms with van der Waals surface area (Å²) in [5.74, 6) is 0.227. The molecule has 0 aromatic heterocycles. The van der Waals surface area contributed by atoms with Crippen LogP contribution in [0.2, 0.25) is 0 Å². The summed E-state index contributed by atoms with van der Waals surface area (Å²) in [6.45, 7) is 4.00. The van der Waals surface area contributed by atoms with Crippen LogP contribution in [-0.4, -0.2) is 14.6 Å². The second kappa shape index (κ2) is 8.71. The molecule has 0 radical (unpaired) electrons. The Bertz CT molecular complexity index is 1090. The van der Waals surface area contributed by atoms with E-state index in [1.54, 1.807) is 36.5 Å². The number of nitrogens with zero attached hydrogens (tertiary/aromatic N) is 1. The number of aliphatic imine (C=N–C) groups is 1. The zero-order valence-corrected chi connectivity index (χ0v) is 18.0. The van der Waals surface area contributed by atoms with Gasteiger partial charge in [-0.3, -0.25) is 4.99 Å². The molecule has 3 aromatic rings. The first-order chi connectivity index (χ1) is 13.4. The average Bonchev–Trinajstić information content (AvgIpc) is 2.69. The maximum Gasteiger partial charge on any atom is 0.339 e. The zero-order chi connectivity index (χ0) is 20.1. The van der Waals surface area contributed by atoms with Crippen molar-refractivity contribution >= 4 is 38.0 Å². The van der Waals surface area contributed by atoms with Crippen LogP contribution in [0.3, 0.4) is 0 Å². The summed E-state index contributed by atoms with van der Waals surface area (Å²) < 4.78 is 30.7. The minimum Gasteiger partial charge on any atom is -0.378 e. The molecule has 3 aromatic carbocycles. The van der Waals surface area contributed by atoms with Gasteiger partial charge in [0.1, 0.15) is 4.90 Å². The first-order valence-corrected chi connectivity index (χ1v) is 11.0. The number of halogens is 1. The Labute approximate surface area is 174 Å².